The molecule has 1 aliphatic rings. The van der Waals surface area contributed by atoms with Crippen molar-refractivity contribution in [2.24, 2.45) is 5.92 Å². The molecule has 1 aromatic heterocycles. The third-order valence-electron chi connectivity index (χ3n) is 2.73. The number of aromatic amines is 1. The lowest BCUT2D eigenvalue weighted by Crippen LogP contribution is -2.33. The number of hydrogen-bond acceptors (Lipinski definition) is 3. The lowest BCUT2D eigenvalue weighted by atomic mass is 10.0. The summed E-state index contributed by atoms with van der Waals surface area (Å²) in [6.07, 6.45) is 4.33. The Hall–Kier alpha value is -1.36. The molecule has 5 heteroatoms. The van der Waals surface area contributed by atoms with Crippen LogP contribution in [-0.4, -0.2) is 28.8 Å². The van der Waals surface area contributed by atoms with Crippen molar-refractivity contribution in [3.8, 4) is 0 Å². The molecule has 82 valence electrons. The Morgan fingerprint density at radius 2 is 2.67 bits per heavy atom. The molecule has 2 heterocycles. The van der Waals surface area contributed by atoms with Crippen LogP contribution in [0.5, 0.6) is 0 Å². The monoisotopic (exact) mass is 209 g/mol. The first-order valence-corrected chi connectivity index (χ1v) is 5.14. The van der Waals surface area contributed by atoms with E-state index < -0.39 is 0 Å². The molecule has 1 fully saturated rings. The summed E-state index contributed by atoms with van der Waals surface area (Å²) in [4.78, 5) is 11.7. The van der Waals surface area contributed by atoms with Gasteiger partial charge in [0.15, 0.2) is 0 Å². The van der Waals surface area contributed by atoms with E-state index in [1.165, 1.54) is 0 Å². The van der Waals surface area contributed by atoms with E-state index in [0.29, 0.717) is 13.2 Å². The van der Waals surface area contributed by atoms with Gasteiger partial charge in [0.25, 0.3) is 0 Å². The van der Waals surface area contributed by atoms with Crippen molar-refractivity contribution in [2.75, 3.05) is 6.61 Å². The molecule has 0 aliphatic carbocycles. The van der Waals surface area contributed by atoms with E-state index in [4.69, 9.17) is 4.74 Å². The van der Waals surface area contributed by atoms with Crippen molar-refractivity contribution >= 4 is 5.91 Å². The molecule has 2 rings (SSSR count). The van der Waals surface area contributed by atoms with Crippen LogP contribution in [-0.2, 0) is 16.1 Å². The molecule has 5 nitrogen and oxygen atoms in total. The lowest BCUT2D eigenvalue weighted by Gasteiger charge is -2.13. The fourth-order valence-electron chi connectivity index (χ4n) is 1.77. The molecule has 2 unspecified atom stereocenters. The molecule has 1 aromatic rings. The summed E-state index contributed by atoms with van der Waals surface area (Å²) in [5.74, 6) is 0.0677. The summed E-state index contributed by atoms with van der Waals surface area (Å²) < 4.78 is 5.34. The van der Waals surface area contributed by atoms with Gasteiger partial charge in [0.1, 0.15) is 0 Å². The predicted octanol–water partition coefficient (Wildman–Crippen LogP) is 0.451. The summed E-state index contributed by atoms with van der Waals surface area (Å²) in [5.41, 5.74) is 0.981. The van der Waals surface area contributed by atoms with Crippen LogP contribution >= 0.6 is 0 Å². The summed E-state index contributed by atoms with van der Waals surface area (Å²) in [6, 6.07) is 0. The van der Waals surface area contributed by atoms with Crippen LogP contribution in [0.4, 0.5) is 0 Å². The highest BCUT2D eigenvalue weighted by atomic mass is 16.5. The maximum Gasteiger partial charge on any atom is 0.226 e. The van der Waals surface area contributed by atoms with Crippen molar-refractivity contribution in [2.45, 2.75) is 26.0 Å². The molecule has 1 saturated heterocycles. The quantitative estimate of drug-likeness (QED) is 0.759. The van der Waals surface area contributed by atoms with Gasteiger partial charge in [0, 0.05) is 24.9 Å². The van der Waals surface area contributed by atoms with E-state index in [0.717, 1.165) is 12.0 Å². The van der Waals surface area contributed by atoms with Gasteiger partial charge in [-0.15, -0.1) is 0 Å². The number of ether oxygens (including phenoxy) is 1. The first-order chi connectivity index (χ1) is 7.27. The molecule has 2 atom stereocenters. The van der Waals surface area contributed by atoms with E-state index in [2.05, 4.69) is 15.5 Å². The van der Waals surface area contributed by atoms with E-state index in [9.17, 15) is 4.79 Å². The van der Waals surface area contributed by atoms with Gasteiger partial charge in [-0.25, -0.2) is 0 Å². The maximum absolute atomic E-state index is 11.7. The summed E-state index contributed by atoms with van der Waals surface area (Å²) in [5, 5.41) is 9.40. The topological polar surface area (TPSA) is 67.0 Å². The second-order valence-corrected chi connectivity index (χ2v) is 3.80. The van der Waals surface area contributed by atoms with Crippen LogP contribution in [0.3, 0.4) is 0 Å². The molecule has 0 aromatic carbocycles. The summed E-state index contributed by atoms with van der Waals surface area (Å²) in [7, 11) is 0. The largest absolute Gasteiger partial charge is 0.378 e. The number of aromatic nitrogens is 2. The molecule has 0 saturated carbocycles. The molecule has 1 amide bonds. The van der Waals surface area contributed by atoms with E-state index >= 15 is 0 Å². The van der Waals surface area contributed by atoms with Crippen LogP contribution in [0.15, 0.2) is 12.4 Å². The molecule has 2 N–H and O–H groups in total. The minimum absolute atomic E-state index is 0.00287. The van der Waals surface area contributed by atoms with Crippen molar-refractivity contribution < 1.29 is 9.53 Å². The van der Waals surface area contributed by atoms with E-state index in [1.54, 1.807) is 12.4 Å². The van der Waals surface area contributed by atoms with Crippen LogP contribution < -0.4 is 5.32 Å². The first-order valence-electron chi connectivity index (χ1n) is 5.14. The Balaban J connectivity index is 1.82. The third kappa shape index (κ3) is 2.36. The zero-order valence-corrected chi connectivity index (χ0v) is 8.69. The molecular weight excluding hydrogens is 194 g/mol. The lowest BCUT2D eigenvalue weighted by molar-refractivity contribution is -0.126. The number of amides is 1. The third-order valence-corrected chi connectivity index (χ3v) is 2.73. The highest BCUT2D eigenvalue weighted by Crippen LogP contribution is 2.20. The second kappa shape index (κ2) is 4.44. The Kier molecular flexibility index (Phi) is 3.01. The van der Waals surface area contributed by atoms with Gasteiger partial charge in [-0.1, -0.05) is 0 Å². The van der Waals surface area contributed by atoms with Gasteiger partial charge >= 0.3 is 0 Å². The van der Waals surface area contributed by atoms with Crippen LogP contribution in [0.2, 0.25) is 0 Å². The van der Waals surface area contributed by atoms with Crippen molar-refractivity contribution in [1.29, 1.82) is 0 Å². The Morgan fingerprint density at radius 3 is 3.27 bits per heavy atom. The van der Waals surface area contributed by atoms with Crippen molar-refractivity contribution in [3.63, 3.8) is 0 Å². The average Bonchev–Trinajstić information content (AvgIpc) is 2.84. The molecule has 15 heavy (non-hydrogen) atoms. The average molecular weight is 209 g/mol. The molecular formula is C10H15N3O2. The highest BCUT2D eigenvalue weighted by Gasteiger charge is 2.30. The molecule has 1 aliphatic heterocycles. The van der Waals surface area contributed by atoms with E-state index in [-0.39, 0.29) is 17.9 Å². The van der Waals surface area contributed by atoms with Gasteiger partial charge in [0.2, 0.25) is 5.91 Å². The normalized spacial score (nSPS) is 25.4. The SMILES string of the molecule is CC1OCCC1C(=O)NCc1cn[nH]c1. The standard InChI is InChI=1S/C10H15N3O2/c1-7-9(2-3-15-7)10(14)11-4-8-5-12-13-6-8/h5-7,9H,2-4H2,1H3,(H,11,14)(H,12,13). The molecule has 0 radical (unpaired) electrons. The summed E-state index contributed by atoms with van der Waals surface area (Å²) in [6.45, 7) is 3.15. The molecule has 0 bridgehead atoms. The number of H-pyrrole nitrogens is 1. The highest BCUT2D eigenvalue weighted by molar-refractivity contribution is 5.79. The van der Waals surface area contributed by atoms with Gasteiger partial charge in [-0.2, -0.15) is 5.10 Å². The zero-order chi connectivity index (χ0) is 10.7. The van der Waals surface area contributed by atoms with Gasteiger partial charge in [0.05, 0.1) is 18.2 Å². The minimum atomic E-state index is -0.00287. The number of nitrogens with zero attached hydrogens (tertiary/aromatic N) is 1. The van der Waals surface area contributed by atoms with E-state index in [1.807, 2.05) is 6.92 Å². The number of rotatable bonds is 3. The second-order valence-electron chi connectivity index (χ2n) is 3.80. The van der Waals surface area contributed by atoms with Gasteiger partial charge in [-0.05, 0) is 13.3 Å². The number of carbonyl (C=O) groups excluding carboxylic acids is 1. The Morgan fingerprint density at radius 1 is 1.80 bits per heavy atom. The number of nitrogens with one attached hydrogen (secondary N) is 2. The Labute approximate surface area is 88.2 Å². The number of hydrogen-bond donors (Lipinski definition) is 2. The zero-order valence-electron chi connectivity index (χ0n) is 8.69. The van der Waals surface area contributed by atoms with Crippen molar-refractivity contribution in [1.82, 2.24) is 15.5 Å². The van der Waals surface area contributed by atoms with Crippen LogP contribution in [0.1, 0.15) is 18.9 Å². The first kappa shape index (κ1) is 10.2. The van der Waals surface area contributed by atoms with Crippen LogP contribution in [0.25, 0.3) is 0 Å². The van der Waals surface area contributed by atoms with Gasteiger partial charge in [-0.3, -0.25) is 9.89 Å². The maximum atomic E-state index is 11.7. The fourth-order valence-corrected chi connectivity index (χ4v) is 1.77. The van der Waals surface area contributed by atoms with Crippen LogP contribution in [0, 0.1) is 5.92 Å². The number of carbonyl (C=O) groups is 1. The minimum Gasteiger partial charge on any atom is -0.378 e. The molecule has 0 spiro atoms. The van der Waals surface area contributed by atoms with Gasteiger partial charge < -0.3 is 10.1 Å². The Bertz CT molecular complexity index is 323. The fraction of sp³-hybridized carbons (Fsp3) is 0.600. The smallest absolute Gasteiger partial charge is 0.226 e. The predicted molar refractivity (Wildman–Crippen MR) is 54.0 cm³/mol. The summed E-state index contributed by atoms with van der Waals surface area (Å²) >= 11 is 0. The van der Waals surface area contributed by atoms with Crippen molar-refractivity contribution in [3.05, 3.63) is 18.0 Å².